The molecule has 2 rings (SSSR count). The fourth-order valence-corrected chi connectivity index (χ4v) is 1.84. The average Bonchev–Trinajstić information content (AvgIpc) is 2.40. The Morgan fingerprint density at radius 1 is 0.882 bits per heavy atom. The second-order valence-corrected chi connectivity index (χ2v) is 4.11. The SMILES string of the molecule is CNc1cccc(NC(C)c2ccccc2)c1. The third-order valence-electron chi connectivity index (χ3n) is 2.83. The lowest BCUT2D eigenvalue weighted by Crippen LogP contribution is -2.06. The predicted molar refractivity (Wildman–Crippen MR) is 74.5 cm³/mol. The van der Waals surface area contributed by atoms with Gasteiger partial charge in [0.05, 0.1) is 0 Å². The summed E-state index contributed by atoms with van der Waals surface area (Å²) in [5.41, 5.74) is 3.55. The summed E-state index contributed by atoms with van der Waals surface area (Å²) in [6.45, 7) is 2.17. The van der Waals surface area contributed by atoms with E-state index in [0.717, 1.165) is 11.4 Å². The van der Waals surface area contributed by atoms with Gasteiger partial charge in [-0.05, 0) is 30.7 Å². The van der Waals surface area contributed by atoms with E-state index in [9.17, 15) is 0 Å². The highest BCUT2D eigenvalue weighted by molar-refractivity contribution is 5.57. The fourth-order valence-electron chi connectivity index (χ4n) is 1.84. The molecule has 2 aromatic carbocycles. The number of anilines is 2. The van der Waals surface area contributed by atoms with Crippen LogP contribution in [0.2, 0.25) is 0 Å². The Hall–Kier alpha value is -1.96. The van der Waals surface area contributed by atoms with Crippen LogP contribution in [0.1, 0.15) is 18.5 Å². The summed E-state index contributed by atoms with van der Waals surface area (Å²) in [4.78, 5) is 0. The number of rotatable bonds is 4. The van der Waals surface area contributed by atoms with Gasteiger partial charge in [0, 0.05) is 24.5 Å². The van der Waals surface area contributed by atoms with E-state index in [-0.39, 0.29) is 0 Å². The number of hydrogen-bond acceptors (Lipinski definition) is 2. The highest BCUT2D eigenvalue weighted by Gasteiger charge is 2.04. The van der Waals surface area contributed by atoms with Crippen molar-refractivity contribution in [3.05, 3.63) is 60.2 Å². The van der Waals surface area contributed by atoms with Crippen LogP contribution in [0.4, 0.5) is 11.4 Å². The molecule has 0 heterocycles. The lowest BCUT2D eigenvalue weighted by Gasteiger charge is -2.16. The molecule has 0 spiro atoms. The lowest BCUT2D eigenvalue weighted by molar-refractivity contribution is 0.885. The molecule has 2 aromatic rings. The smallest absolute Gasteiger partial charge is 0.0485 e. The van der Waals surface area contributed by atoms with Crippen molar-refractivity contribution in [1.29, 1.82) is 0 Å². The van der Waals surface area contributed by atoms with Crippen LogP contribution < -0.4 is 10.6 Å². The van der Waals surface area contributed by atoms with E-state index in [1.165, 1.54) is 5.56 Å². The van der Waals surface area contributed by atoms with Crippen LogP contribution in [0.3, 0.4) is 0 Å². The van der Waals surface area contributed by atoms with Crippen LogP contribution >= 0.6 is 0 Å². The predicted octanol–water partition coefficient (Wildman–Crippen LogP) is 3.90. The quantitative estimate of drug-likeness (QED) is 0.826. The minimum Gasteiger partial charge on any atom is -0.388 e. The van der Waals surface area contributed by atoms with E-state index in [0.29, 0.717) is 6.04 Å². The Bertz CT molecular complexity index is 465. The van der Waals surface area contributed by atoms with Crippen LogP contribution in [0.25, 0.3) is 0 Å². The first-order valence-corrected chi connectivity index (χ1v) is 5.89. The molecule has 0 saturated heterocycles. The van der Waals surface area contributed by atoms with Crippen molar-refractivity contribution in [1.82, 2.24) is 0 Å². The van der Waals surface area contributed by atoms with Crippen molar-refractivity contribution >= 4 is 11.4 Å². The van der Waals surface area contributed by atoms with Gasteiger partial charge in [0.1, 0.15) is 0 Å². The van der Waals surface area contributed by atoms with Gasteiger partial charge >= 0.3 is 0 Å². The van der Waals surface area contributed by atoms with Gasteiger partial charge in [-0.1, -0.05) is 36.4 Å². The summed E-state index contributed by atoms with van der Waals surface area (Å²) in [5, 5.41) is 6.63. The molecule has 1 atom stereocenters. The van der Waals surface area contributed by atoms with Crippen LogP contribution in [0.15, 0.2) is 54.6 Å². The average molecular weight is 226 g/mol. The Kier molecular flexibility index (Phi) is 3.66. The van der Waals surface area contributed by atoms with Gasteiger partial charge < -0.3 is 10.6 Å². The Balaban J connectivity index is 2.10. The molecule has 17 heavy (non-hydrogen) atoms. The Morgan fingerprint density at radius 2 is 1.59 bits per heavy atom. The molecule has 0 saturated carbocycles. The zero-order valence-electron chi connectivity index (χ0n) is 10.3. The molecule has 0 radical (unpaired) electrons. The highest BCUT2D eigenvalue weighted by atomic mass is 14.9. The van der Waals surface area contributed by atoms with Gasteiger partial charge in [-0.25, -0.2) is 0 Å². The van der Waals surface area contributed by atoms with Crippen molar-refractivity contribution in [3.63, 3.8) is 0 Å². The number of nitrogens with one attached hydrogen (secondary N) is 2. The monoisotopic (exact) mass is 226 g/mol. The van der Waals surface area contributed by atoms with E-state index < -0.39 is 0 Å². The molecular weight excluding hydrogens is 208 g/mol. The summed E-state index contributed by atoms with van der Waals surface area (Å²) in [5.74, 6) is 0. The number of benzene rings is 2. The molecule has 0 aliphatic heterocycles. The van der Waals surface area contributed by atoms with Crippen molar-refractivity contribution in [3.8, 4) is 0 Å². The maximum absolute atomic E-state index is 3.49. The topological polar surface area (TPSA) is 24.1 Å². The molecule has 1 unspecified atom stereocenters. The first-order chi connectivity index (χ1) is 8.29. The molecule has 0 aliphatic rings. The van der Waals surface area contributed by atoms with Gasteiger partial charge in [-0.3, -0.25) is 0 Å². The molecule has 0 bridgehead atoms. The minimum atomic E-state index is 0.309. The van der Waals surface area contributed by atoms with E-state index in [2.05, 4.69) is 60.0 Å². The van der Waals surface area contributed by atoms with E-state index in [1.807, 2.05) is 19.2 Å². The molecule has 0 amide bonds. The zero-order chi connectivity index (χ0) is 12.1. The van der Waals surface area contributed by atoms with Crippen molar-refractivity contribution < 1.29 is 0 Å². The first kappa shape index (κ1) is 11.5. The number of hydrogen-bond donors (Lipinski definition) is 2. The normalized spacial score (nSPS) is 11.9. The Morgan fingerprint density at radius 3 is 2.29 bits per heavy atom. The van der Waals surface area contributed by atoms with Gasteiger partial charge in [-0.2, -0.15) is 0 Å². The zero-order valence-corrected chi connectivity index (χ0v) is 10.3. The summed E-state index contributed by atoms with van der Waals surface area (Å²) >= 11 is 0. The molecule has 2 heteroatoms. The third kappa shape index (κ3) is 3.00. The lowest BCUT2D eigenvalue weighted by atomic mass is 10.1. The Labute approximate surface area is 103 Å². The summed E-state index contributed by atoms with van der Waals surface area (Å²) in [6.07, 6.45) is 0. The third-order valence-corrected chi connectivity index (χ3v) is 2.83. The summed E-state index contributed by atoms with van der Waals surface area (Å²) in [6, 6.07) is 19.1. The molecule has 0 fully saturated rings. The molecule has 2 N–H and O–H groups in total. The van der Waals surface area contributed by atoms with Crippen molar-refractivity contribution in [2.75, 3.05) is 17.7 Å². The maximum atomic E-state index is 3.49. The van der Waals surface area contributed by atoms with Crippen LogP contribution in [-0.4, -0.2) is 7.05 Å². The van der Waals surface area contributed by atoms with Gasteiger partial charge in [-0.15, -0.1) is 0 Å². The largest absolute Gasteiger partial charge is 0.388 e. The van der Waals surface area contributed by atoms with E-state index in [4.69, 9.17) is 0 Å². The summed E-state index contributed by atoms with van der Waals surface area (Å²) in [7, 11) is 1.93. The van der Waals surface area contributed by atoms with Gasteiger partial charge in [0.25, 0.3) is 0 Å². The second-order valence-electron chi connectivity index (χ2n) is 4.11. The second kappa shape index (κ2) is 5.39. The summed E-state index contributed by atoms with van der Waals surface area (Å²) < 4.78 is 0. The fraction of sp³-hybridized carbons (Fsp3) is 0.200. The first-order valence-electron chi connectivity index (χ1n) is 5.89. The standard InChI is InChI=1S/C15H18N2/c1-12(13-7-4-3-5-8-13)17-15-10-6-9-14(11-15)16-2/h3-12,16-17H,1-2H3. The molecule has 88 valence electrons. The van der Waals surface area contributed by atoms with E-state index >= 15 is 0 Å². The molecule has 0 aromatic heterocycles. The van der Waals surface area contributed by atoms with Crippen molar-refractivity contribution in [2.24, 2.45) is 0 Å². The van der Waals surface area contributed by atoms with Gasteiger partial charge in [0.15, 0.2) is 0 Å². The molecule has 0 aliphatic carbocycles. The minimum absolute atomic E-state index is 0.309. The van der Waals surface area contributed by atoms with Crippen LogP contribution in [0.5, 0.6) is 0 Å². The molecular formula is C15H18N2. The highest BCUT2D eigenvalue weighted by Crippen LogP contribution is 2.21. The van der Waals surface area contributed by atoms with Crippen LogP contribution in [-0.2, 0) is 0 Å². The molecule has 2 nitrogen and oxygen atoms in total. The van der Waals surface area contributed by atoms with Crippen LogP contribution in [0, 0.1) is 0 Å². The van der Waals surface area contributed by atoms with E-state index in [1.54, 1.807) is 0 Å². The van der Waals surface area contributed by atoms with Gasteiger partial charge in [0.2, 0.25) is 0 Å². The maximum Gasteiger partial charge on any atom is 0.0485 e. The van der Waals surface area contributed by atoms with Crippen molar-refractivity contribution in [2.45, 2.75) is 13.0 Å².